The Labute approximate surface area is 140 Å². The predicted molar refractivity (Wildman–Crippen MR) is 92.7 cm³/mol. The number of guanidine groups is 1. The van der Waals surface area contributed by atoms with E-state index in [9.17, 15) is 0 Å². The van der Waals surface area contributed by atoms with Gasteiger partial charge in [0, 0.05) is 42.2 Å². The molecule has 1 fully saturated rings. The van der Waals surface area contributed by atoms with E-state index in [1.807, 2.05) is 42.5 Å². The molecule has 7 heteroatoms. The van der Waals surface area contributed by atoms with Crippen molar-refractivity contribution in [2.45, 2.75) is 19.6 Å². The van der Waals surface area contributed by atoms with Crippen LogP contribution in [0.1, 0.15) is 21.4 Å². The molecule has 0 bridgehead atoms. The summed E-state index contributed by atoms with van der Waals surface area (Å²) in [6.45, 7) is 5.26. The van der Waals surface area contributed by atoms with Gasteiger partial charge < -0.3 is 15.0 Å². The van der Waals surface area contributed by atoms with Gasteiger partial charge in [-0.2, -0.15) is 5.10 Å². The summed E-state index contributed by atoms with van der Waals surface area (Å²) in [6.07, 6.45) is 3.93. The van der Waals surface area contributed by atoms with Crippen molar-refractivity contribution in [3.8, 4) is 0 Å². The minimum atomic E-state index is 0.0417. The van der Waals surface area contributed by atoms with Crippen molar-refractivity contribution in [2.24, 2.45) is 12.0 Å². The molecule has 1 saturated heterocycles. The maximum absolute atomic E-state index is 5.89. The minimum Gasteiger partial charge on any atom is -0.370 e. The Morgan fingerprint density at radius 1 is 1.52 bits per heavy atom. The van der Waals surface area contributed by atoms with Gasteiger partial charge >= 0.3 is 0 Å². The molecule has 3 rings (SSSR count). The lowest BCUT2D eigenvalue weighted by atomic mass is 10.1. The highest BCUT2D eigenvalue weighted by Gasteiger charge is 2.25. The number of nitrogens with one attached hydrogen (secondary N) is 1. The molecular weight excluding hydrogens is 310 g/mol. The highest BCUT2D eigenvalue weighted by Crippen LogP contribution is 2.22. The summed E-state index contributed by atoms with van der Waals surface area (Å²) >= 11 is 1.82. The van der Waals surface area contributed by atoms with Crippen LogP contribution in [0.4, 0.5) is 0 Å². The second-order valence-electron chi connectivity index (χ2n) is 5.67. The van der Waals surface area contributed by atoms with Gasteiger partial charge in [0.25, 0.3) is 0 Å². The van der Waals surface area contributed by atoms with Crippen LogP contribution in [0.3, 0.4) is 0 Å². The fourth-order valence-corrected chi connectivity index (χ4v) is 3.56. The summed E-state index contributed by atoms with van der Waals surface area (Å²) in [4.78, 5) is 9.33. The van der Waals surface area contributed by atoms with Gasteiger partial charge in [-0.15, -0.1) is 11.3 Å². The molecule has 0 radical (unpaired) electrons. The number of hydrogen-bond donors (Lipinski definition) is 1. The minimum absolute atomic E-state index is 0.0417. The molecule has 1 unspecified atom stereocenters. The Bertz CT molecular complexity index is 678. The molecule has 0 amide bonds. The highest BCUT2D eigenvalue weighted by atomic mass is 32.1. The molecule has 2 aromatic heterocycles. The topological polar surface area (TPSA) is 54.7 Å². The van der Waals surface area contributed by atoms with Crippen LogP contribution in [0.15, 0.2) is 29.5 Å². The molecule has 1 aliphatic rings. The van der Waals surface area contributed by atoms with Gasteiger partial charge in [-0.1, -0.05) is 0 Å². The van der Waals surface area contributed by atoms with Crippen LogP contribution >= 0.6 is 11.3 Å². The van der Waals surface area contributed by atoms with Crippen molar-refractivity contribution in [3.63, 3.8) is 0 Å². The number of aliphatic imine (C=N–C) groups is 1. The van der Waals surface area contributed by atoms with E-state index >= 15 is 0 Å². The van der Waals surface area contributed by atoms with Crippen molar-refractivity contribution in [1.82, 2.24) is 20.0 Å². The lowest BCUT2D eigenvalue weighted by Crippen LogP contribution is -2.47. The molecule has 23 heavy (non-hydrogen) atoms. The zero-order valence-electron chi connectivity index (χ0n) is 13.8. The molecule has 3 heterocycles. The molecule has 0 saturated carbocycles. The quantitative estimate of drug-likeness (QED) is 0.689. The predicted octanol–water partition coefficient (Wildman–Crippen LogP) is 1.94. The van der Waals surface area contributed by atoms with E-state index in [1.54, 1.807) is 0 Å². The fraction of sp³-hybridized carbons (Fsp3) is 0.500. The van der Waals surface area contributed by atoms with Gasteiger partial charge in [-0.05, 0) is 19.1 Å². The van der Waals surface area contributed by atoms with Gasteiger partial charge in [-0.3, -0.25) is 9.67 Å². The van der Waals surface area contributed by atoms with E-state index < -0.39 is 0 Å². The summed E-state index contributed by atoms with van der Waals surface area (Å²) in [5.41, 5.74) is 1.11. The Kier molecular flexibility index (Phi) is 4.97. The molecule has 1 aliphatic heterocycles. The summed E-state index contributed by atoms with van der Waals surface area (Å²) in [7, 11) is 3.75. The van der Waals surface area contributed by atoms with Crippen LogP contribution in [0.2, 0.25) is 0 Å². The van der Waals surface area contributed by atoms with Gasteiger partial charge in [0.2, 0.25) is 0 Å². The van der Waals surface area contributed by atoms with Crippen molar-refractivity contribution in [1.29, 1.82) is 0 Å². The zero-order valence-corrected chi connectivity index (χ0v) is 14.6. The van der Waals surface area contributed by atoms with Gasteiger partial charge in [0.05, 0.1) is 25.9 Å². The van der Waals surface area contributed by atoms with Gasteiger partial charge in [0.1, 0.15) is 6.10 Å². The normalized spacial score (nSPS) is 19.2. The highest BCUT2D eigenvalue weighted by molar-refractivity contribution is 7.11. The third-order valence-corrected chi connectivity index (χ3v) is 4.89. The first kappa shape index (κ1) is 16.0. The Morgan fingerprint density at radius 3 is 3.04 bits per heavy atom. The van der Waals surface area contributed by atoms with E-state index in [0.717, 1.165) is 31.2 Å². The number of hydrogen-bond acceptors (Lipinski definition) is 4. The molecule has 0 aromatic carbocycles. The Hall–Kier alpha value is -1.86. The first-order valence-electron chi connectivity index (χ1n) is 7.77. The van der Waals surface area contributed by atoms with Crippen LogP contribution in [-0.4, -0.2) is 47.4 Å². The Balaban J connectivity index is 1.61. The summed E-state index contributed by atoms with van der Waals surface area (Å²) < 4.78 is 7.70. The summed E-state index contributed by atoms with van der Waals surface area (Å²) in [5, 5.41) is 7.69. The fourth-order valence-electron chi connectivity index (χ4n) is 2.73. The van der Waals surface area contributed by atoms with Crippen LogP contribution in [0, 0.1) is 6.92 Å². The van der Waals surface area contributed by atoms with Crippen LogP contribution in [0.5, 0.6) is 0 Å². The number of rotatable bonds is 3. The second-order valence-corrected chi connectivity index (χ2v) is 7.04. The molecule has 124 valence electrons. The molecule has 1 N–H and O–H groups in total. The molecule has 0 aliphatic carbocycles. The van der Waals surface area contributed by atoms with Crippen LogP contribution in [-0.2, 0) is 18.3 Å². The van der Waals surface area contributed by atoms with Crippen LogP contribution in [0.25, 0.3) is 0 Å². The number of aryl methyl sites for hydroxylation is 2. The van der Waals surface area contributed by atoms with E-state index in [4.69, 9.17) is 4.74 Å². The first-order valence-corrected chi connectivity index (χ1v) is 8.58. The number of nitrogens with zero attached hydrogens (tertiary/aromatic N) is 4. The van der Waals surface area contributed by atoms with E-state index in [0.29, 0.717) is 6.61 Å². The van der Waals surface area contributed by atoms with Crippen molar-refractivity contribution < 1.29 is 4.74 Å². The van der Waals surface area contributed by atoms with Crippen molar-refractivity contribution in [3.05, 3.63) is 39.8 Å². The maximum atomic E-state index is 5.89. The number of morpholine rings is 1. The molecule has 6 nitrogen and oxygen atoms in total. The third-order valence-electron chi connectivity index (χ3n) is 3.89. The Morgan fingerprint density at radius 2 is 2.39 bits per heavy atom. The standard InChI is InChI=1S/C16H23N5OS/c1-12-4-5-14(23-12)9-18-16(17-2)21-6-7-22-15(11-21)13-8-19-20(3)10-13/h4-5,8,10,15H,6-7,9,11H2,1-3H3,(H,17,18). The van der Waals surface area contributed by atoms with Gasteiger partial charge in [-0.25, -0.2) is 0 Å². The monoisotopic (exact) mass is 333 g/mol. The molecule has 2 aromatic rings. The molecular formula is C16H23N5OS. The largest absolute Gasteiger partial charge is 0.370 e. The zero-order chi connectivity index (χ0) is 16.2. The van der Waals surface area contributed by atoms with Gasteiger partial charge in [0.15, 0.2) is 5.96 Å². The smallest absolute Gasteiger partial charge is 0.194 e. The lowest BCUT2D eigenvalue weighted by Gasteiger charge is -2.34. The van der Waals surface area contributed by atoms with E-state index in [2.05, 4.69) is 39.4 Å². The second kappa shape index (κ2) is 7.14. The SMILES string of the molecule is CN=C(NCc1ccc(C)s1)N1CCOC(c2cnn(C)c2)C1. The number of aromatic nitrogens is 2. The number of ether oxygens (including phenoxy) is 1. The first-order chi connectivity index (χ1) is 11.2. The summed E-state index contributed by atoms with van der Waals surface area (Å²) in [6, 6.07) is 4.32. The molecule has 0 spiro atoms. The van der Waals surface area contributed by atoms with E-state index in [1.165, 1.54) is 9.75 Å². The lowest BCUT2D eigenvalue weighted by molar-refractivity contribution is -0.00804. The summed E-state index contributed by atoms with van der Waals surface area (Å²) in [5.74, 6) is 0.924. The average Bonchev–Trinajstić information content (AvgIpc) is 3.17. The molecule has 1 atom stereocenters. The maximum Gasteiger partial charge on any atom is 0.194 e. The number of thiophene rings is 1. The van der Waals surface area contributed by atoms with Crippen molar-refractivity contribution in [2.75, 3.05) is 26.7 Å². The average molecular weight is 333 g/mol. The van der Waals surface area contributed by atoms with Crippen molar-refractivity contribution >= 4 is 17.3 Å². The van der Waals surface area contributed by atoms with E-state index in [-0.39, 0.29) is 6.10 Å². The third kappa shape index (κ3) is 3.92. The van der Waals surface area contributed by atoms with Crippen LogP contribution < -0.4 is 5.32 Å².